The van der Waals surface area contributed by atoms with Crippen LogP contribution in [0.1, 0.15) is 18.4 Å². The monoisotopic (exact) mass is 406 g/mol. The number of rotatable bonds is 6. The summed E-state index contributed by atoms with van der Waals surface area (Å²) in [5.41, 5.74) is 1.30. The van der Waals surface area contributed by atoms with Crippen LogP contribution >= 0.6 is 11.6 Å². The summed E-state index contributed by atoms with van der Waals surface area (Å²) >= 11 is 5.80. The summed E-state index contributed by atoms with van der Waals surface area (Å²) in [6.45, 7) is 2.01. The number of hydrogen-bond acceptors (Lipinski definition) is 4. The molecule has 2 aromatic rings. The predicted octanol–water partition coefficient (Wildman–Crippen LogP) is 4.35. The number of carbonyl (C=O) groups is 1. The standard InChI is InChI=1S/C21H24ClFN2O3/c1-27-19-6-5-17(12-20(19)28-2)24-21(26)14-7-9-25(10-8-14)13-15-3-4-16(22)11-18(15)23/h3-6,11-12,14H,7-10,13H2,1-2H3,(H,24,26). The number of likely N-dealkylation sites (tertiary alicyclic amines) is 1. The molecule has 0 radical (unpaired) electrons. The molecule has 0 atom stereocenters. The number of benzene rings is 2. The summed E-state index contributed by atoms with van der Waals surface area (Å²) in [5.74, 6) is 0.813. The van der Waals surface area contributed by atoms with Crippen LogP contribution in [0.2, 0.25) is 5.02 Å². The second-order valence-electron chi connectivity index (χ2n) is 6.85. The number of piperidine rings is 1. The fourth-order valence-electron chi connectivity index (χ4n) is 3.40. The van der Waals surface area contributed by atoms with Gasteiger partial charge >= 0.3 is 0 Å². The van der Waals surface area contributed by atoms with Crippen LogP contribution in [0.15, 0.2) is 36.4 Å². The van der Waals surface area contributed by atoms with Crippen LogP contribution < -0.4 is 14.8 Å². The van der Waals surface area contributed by atoms with E-state index in [1.54, 1.807) is 44.6 Å². The van der Waals surface area contributed by atoms with Gasteiger partial charge in [-0.1, -0.05) is 17.7 Å². The predicted molar refractivity (Wildman–Crippen MR) is 108 cm³/mol. The smallest absolute Gasteiger partial charge is 0.227 e. The minimum atomic E-state index is -0.291. The Kier molecular flexibility index (Phi) is 6.75. The highest BCUT2D eigenvalue weighted by Crippen LogP contribution is 2.30. The van der Waals surface area contributed by atoms with Crippen LogP contribution in [0.3, 0.4) is 0 Å². The third-order valence-electron chi connectivity index (χ3n) is 5.02. The van der Waals surface area contributed by atoms with Crippen molar-refractivity contribution < 1.29 is 18.7 Å². The fraction of sp³-hybridized carbons (Fsp3) is 0.381. The van der Waals surface area contributed by atoms with E-state index in [1.807, 2.05) is 0 Å². The first-order valence-electron chi connectivity index (χ1n) is 9.19. The van der Waals surface area contributed by atoms with Crippen molar-refractivity contribution in [2.24, 2.45) is 5.92 Å². The molecule has 0 aliphatic carbocycles. The van der Waals surface area contributed by atoms with Crippen molar-refractivity contribution in [2.45, 2.75) is 19.4 Å². The highest BCUT2D eigenvalue weighted by Gasteiger charge is 2.25. The lowest BCUT2D eigenvalue weighted by atomic mass is 9.95. The van der Waals surface area contributed by atoms with Gasteiger partial charge in [0.25, 0.3) is 0 Å². The molecule has 0 unspecified atom stereocenters. The number of nitrogens with one attached hydrogen (secondary N) is 1. The van der Waals surface area contributed by atoms with E-state index in [0.29, 0.717) is 34.3 Å². The van der Waals surface area contributed by atoms with Gasteiger partial charge in [0.1, 0.15) is 5.82 Å². The molecule has 150 valence electrons. The molecule has 28 heavy (non-hydrogen) atoms. The molecule has 0 spiro atoms. The minimum Gasteiger partial charge on any atom is -0.493 e. The number of halogens is 2. The summed E-state index contributed by atoms with van der Waals surface area (Å²) in [5, 5.41) is 3.35. The third kappa shape index (κ3) is 4.94. The Morgan fingerprint density at radius 3 is 2.50 bits per heavy atom. The number of carbonyl (C=O) groups excluding carboxylic acids is 1. The molecule has 7 heteroatoms. The second kappa shape index (κ2) is 9.26. The van der Waals surface area contributed by atoms with E-state index >= 15 is 0 Å². The number of ether oxygens (including phenoxy) is 2. The maximum atomic E-state index is 14.0. The molecule has 1 amide bonds. The van der Waals surface area contributed by atoms with Crippen molar-refractivity contribution >= 4 is 23.2 Å². The molecule has 3 rings (SSSR count). The normalized spacial score (nSPS) is 15.3. The van der Waals surface area contributed by atoms with E-state index in [4.69, 9.17) is 21.1 Å². The lowest BCUT2D eigenvalue weighted by molar-refractivity contribution is -0.121. The summed E-state index contributed by atoms with van der Waals surface area (Å²) in [7, 11) is 3.13. The van der Waals surface area contributed by atoms with Crippen molar-refractivity contribution in [3.8, 4) is 11.5 Å². The SMILES string of the molecule is COc1ccc(NC(=O)C2CCN(Cc3ccc(Cl)cc3F)CC2)cc1OC. The maximum absolute atomic E-state index is 14.0. The molecule has 1 aliphatic heterocycles. The van der Waals surface area contributed by atoms with Gasteiger partial charge in [-0.25, -0.2) is 4.39 Å². The lowest BCUT2D eigenvalue weighted by Gasteiger charge is -2.31. The molecule has 1 N–H and O–H groups in total. The summed E-state index contributed by atoms with van der Waals surface area (Å²) < 4.78 is 24.5. The van der Waals surface area contributed by atoms with Gasteiger partial charge in [0.2, 0.25) is 5.91 Å². The lowest BCUT2D eigenvalue weighted by Crippen LogP contribution is -2.37. The highest BCUT2D eigenvalue weighted by molar-refractivity contribution is 6.30. The average Bonchev–Trinajstić information content (AvgIpc) is 2.70. The van der Waals surface area contributed by atoms with Crippen LogP contribution in [0, 0.1) is 11.7 Å². The zero-order valence-electron chi connectivity index (χ0n) is 16.0. The van der Waals surface area contributed by atoms with E-state index in [1.165, 1.54) is 6.07 Å². The largest absolute Gasteiger partial charge is 0.493 e. The van der Waals surface area contributed by atoms with Crippen LogP contribution in [-0.4, -0.2) is 38.1 Å². The Hall–Kier alpha value is -2.31. The Labute approximate surface area is 169 Å². The van der Waals surface area contributed by atoms with E-state index in [2.05, 4.69) is 10.2 Å². The molecule has 1 heterocycles. The van der Waals surface area contributed by atoms with E-state index in [-0.39, 0.29) is 17.6 Å². The molecule has 0 bridgehead atoms. The molecule has 2 aromatic carbocycles. The van der Waals surface area contributed by atoms with Crippen molar-refractivity contribution in [2.75, 3.05) is 32.6 Å². The van der Waals surface area contributed by atoms with Gasteiger partial charge in [-0.15, -0.1) is 0 Å². The molecule has 5 nitrogen and oxygen atoms in total. The first-order valence-corrected chi connectivity index (χ1v) is 9.57. The second-order valence-corrected chi connectivity index (χ2v) is 7.28. The number of anilines is 1. The molecule has 0 saturated carbocycles. The van der Waals surface area contributed by atoms with E-state index in [9.17, 15) is 9.18 Å². The number of amides is 1. The molecule has 1 saturated heterocycles. The summed E-state index contributed by atoms with van der Waals surface area (Å²) in [6.07, 6.45) is 1.46. The highest BCUT2D eigenvalue weighted by atomic mass is 35.5. The van der Waals surface area contributed by atoms with Gasteiger partial charge in [-0.2, -0.15) is 0 Å². The molecule has 0 aromatic heterocycles. The quantitative estimate of drug-likeness (QED) is 0.775. The first-order chi connectivity index (χ1) is 13.5. The van der Waals surface area contributed by atoms with Crippen LogP contribution in [0.25, 0.3) is 0 Å². The Morgan fingerprint density at radius 2 is 1.86 bits per heavy atom. The van der Waals surface area contributed by atoms with Crippen molar-refractivity contribution in [3.63, 3.8) is 0 Å². The van der Waals surface area contributed by atoms with Gasteiger partial charge in [-0.05, 0) is 50.2 Å². The van der Waals surface area contributed by atoms with Gasteiger partial charge in [0.15, 0.2) is 11.5 Å². The Bertz CT molecular complexity index is 838. The average molecular weight is 407 g/mol. The zero-order chi connectivity index (χ0) is 20.1. The maximum Gasteiger partial charge on any atom is 0.227 e. The number of nitrogens with zero attached hydrogens (tertiary/aromatic N) is 1. The van der Waals surface area contributed by atoms with Gasteiger partial charge < -0.3 is 14.8 Å². The summed E-state index contributed by atoms with van der Waals surface area (Å²) in [4.78, 5) is 14.8. The molecule has 1 fully saturated rings. The van der Waals surface area contributed by atoms with Crippen LogP contribution in [0.5, 0.6) is 11.5 Å². The van der Waals surface area contributed by atoms with Gasteiger partial charge in [-0.3, -0.25) is 9.69 Å². The fourth-order valence-corrected chi connectivity index (χ4v) is 3.56. The van der Waals surface area contributed by atoms with E-state index < -0.39 is 0 Å². The Balaban J connectivity index is 1.53. The van der Waals surface area contributed by atoms with Crippen LogP contribution in [0.4, 0.5) is 10.1 Å². The minimum absolute atomic E-state index is 0.00968. The van der Waals surface area contributed by atoms with Crippen molar-refractivity contribution in [3.05, 3.63) is 52.8 Å². The number of methoxy groups -OCH3 is 2. The number of hydrogen-bond donors (Lipinski definition) is 1. The van der Waals surface area contributed by atoms with Crippen molar-refractivity contribution in [1.82, 2.24) is 4.90 Å². The summed E-state index contributed by atoms with van der Waals surface area (Å²) in [6, 6.07) is 10.0. The molecule has 1 aliphatic rings. The topological polar surface area (TPSA) is 50.8 Å². The van der Waals surface area contributed by atoms with E-state index in [0.717, 1.165) is 25.9 Å². The van der Waals surface area contributed by atoms with Gasteiger partial charge in [0, 0.05) is 34.8 Å². The van der Waals surface area contributed by atoms with Gasteiger partial charge in [0.05, 0.1) is 14.2 Å². The zero-order valence-corrected chi connectivity index (χ0v) is 16.8. The third-order valence-corrected chi connectivity index (χ3v) is 5.25. The Morgan fingerprint density at radius 1 is 1.14 bits per heavy atom. The molecular formula is C21H24ClFN2O3. The van der Waals surface area contributed by atoms with Crippen LogP contribution in [-0.2, 0) is 11.3 Å². The first kappa shape index (κ1) is 20.4. The van der Waals surface area contributed by atoms with Crippen molar-refractivity contribution in [1.29, 1.82) is 0 Å². The molecular weight excluding hydrogens is 383 g/mol.